The molecule has 2 unspecified atom stereocenters. The average molecular weight is 217 g/mol. The summed E-state index contributed by atoms with van der Waals surface area (Å²) in [5, 5.41) is 2.42. The lowest BCUT2D eigenvalue weighted by Crippen LogP contribution is -2.46. The number of carbonyl (C=O) groups excluding carboxylic acids is 2. The van der Waals surface area contributed by atoms with Crippen LogP contribution in [0.1, 0.15) is 27.7 Å². The fourth-order valence-corrected chi connectivity index (χ4v) is 0.852. The first-order valence-corrected chi connectivity index (χ1v) is 4.77. The maximum atomic E-state index is 11.3. The van der Waals surface area contributed by atoms with Crippen molar-refractivity contribution in [2.24, 2.45) is 0 Å². The van der Waals surface area contributed by atoms with E-state index >= 15 is 0 Å². The van der Waals surface area contributed by atoms with Crippen LogP contribution < -0.4 is 5.32 Å². The van der Waals surface area contributed by atoms with Crippen LogP contribution in [0.15, 0.2) is 0 Å². The summed E-state index contributed by atoms with van der Waals surface area (Å²) in [4.78, 5) is 22.0. The lowest BCUT2D eigenvalue weighted by atomic mass is 10.2. The first-order chi connectivity index (χ1) is 6.80. The van der Waals surface area contributed by atoms with Gasteiger partial charge in [-0.05, 0) is 27.7 Å². The van der Waals surface area contributed by atoms with Crippen molar-refractivity contribution in [3.05, 3.63) is 0 Å². The normalized spacial score (nSPS) is 15.3. The van der Waals surface area contributed by atoms with E-state index in [1.165, 1.54) is 7.11 Å². The van der Waals surface area contributed by atoms with Gasteiger partial charge in [0.1, 0.15) is 17.9 Å². The van der Waals surface area contributed by atoms with Crippen molar-refractivity contribution in [2.75, 3.05) is 7.11 Å². The number of rotatable bonds is 4. The van der Waals surface area contributed by atoms with E-state index in [0.717, 1.165) is 0 Å². The minimum Gasteiger partial charge on any atom is -0.444 e. The third-order valence-corrected chi connectivity index (χ3v) is 1.71. The van der Waals surface area contributed by atoms with Crippen molar-refractivity contribution in [3.63, 3.8) is 0 Å². The third-order valence-electron chi connectivity index (χ3n) is 1.71. The smallest absolute Gasteiger partial charge is 0.408 e. The molecule has 15 heavy (non-hydrogen) atoms. The Morgan fingerprint density at radius 3 is 2.27 bits per heavy atom. The maximum absolute atomic E-state index is 11.3. The average Bonchev–Trinajstić information content (AvgIpc) is 2.10. The highest BCUT2D eigenvalue weighted by molar-refractivity contribution is 5.73. The Kier molecular flexibility index (Phi) is 5.28. The molecular formula is C10H19NO4. The molecule has 0 aliphatic heterocycles. The molecule has 0 bridgehead atoms. The summed E-state index contributed by atoms with van der Waals surface area (Å²) in [6.07, 6.45) is -0.378. The minimum atomic E-state index is -0.690. The van der Waals surface area contributed by atoms with Gasteiger partial charge in [0.2, 0.25) is 0 Å². The van der Waals surface area contributed by atoms with Crippen LogP contribution >= 0.6 is 0 Å². The fraction of sp³-hybridized carbons (Fsp3) is 0.800. The topological polar surface area (TPSA) is 64.6 Å². The molecule has 0 spiro atoms. The second-order valence-corrected chi connectivity index (χ2v) is 4.25. The van der Waals surface area contributed by atoms with Crippen molar-refractivity contribution in [1.29, 1.82) is 0 Å². The predicted molar refractivity (Wildman–Crippen MR) is 55.7 cm³/mol. The van der Waals surface area contributed by atoms with Crippen LogP contribution in [0.3, 0.4) is 0 Å². The van der Waals surface area contributed by atoms with E-state index in [-0.39, 0.29) is 6.10 Å². The molecule has 1 amide bonds. The number of carbonyl (C=O) groups is 2. The van der Waals surface area contributed by atoms with Crippen molar-refractivity contribution in [1.82, 2.24) is 5.32 Å². The van der Waals surface area contributed by atoms with Gasteiger partial charge in [0, 0.05) is 7.11 Å². The summed E-state index contributed by atoms with van der Waals surface area (Å²) < 4.78 is 9.93. The van der Waals surface area contributed by atoms with E-state index < -0.39 is 17.7 Å². The number of ether oxygens (including phenoxy) is 2. The molecule has 5 heteroatoms. The number of amides is 1. The zero-order valence-electron chi connectivity index (χ0n) is 9.87. The van der Waals surface area contributed by atoms with Crippen LogP contribution in [0, 0.1) is 0 Å². The highest BCUT2D eigenvalue weighted by Gasteiger charge is 2.22. The molecule has 1 N–H and O–H groups in total. The van der Waals surface area contributed by atoms with E-state index in [1.807, 2.05) is 0 Å². The van der Waals surface area contributed by atoms with Gasteiger partial charge in [-0.2, -0.15) is 0 Å². The second kappa shape index (κ2) is 5.70. The van der Waals surface area contributed by atoms with Gasteiger partial charge in [0.05, 0.1) is 6.10 Å². The molecule has 0 aromatic rings. The summed E-state index contributed by atoms with van der Waals surface area (Å²) in [6, 6.07) is -0.690. The van der Waals surface area contributed by atoms with Gasteiger partial charge < -0.3 is 19.6 Å². The number of alkyl carbamates (subject to hydrolysis) is 1. The molecule has 0 aliphatic carbocycles. The van der Waals surface area contributed by atoms with E-state index in [1.54, 1.807) is 27.7 Å². The van der Waals surface area contributed by atoms with E-state index in [0.29, 0.717) is 6.29 Å². The molecule has 88 valence electrons. The quantitative estimate of drug-likeness (QED) is 0.716. The first kappa shape index (κ1) is 13.9. The van der Waals surface area contributed by atoms with E-state index in [2.05, 4.69) is 5.32 Å². The number of nitrogens with one attached hydrogen (secondary N) is 1. The molecule has 0 saturated heterocycles. The minimum absolute atomic E-state index is 0.380. The van der Waals surface area contributed by atoms with Crippen molar-refractivity contribution in [2.45, 2.75) is 45.4 Å². The summed E-state index contributed by atoms with van der Waals surface area (Å²) in [7, 11) is 1.47. The van der Waals surface area contributed by atoms with Gasteiger partial charge in [0.25, 0.3) is 0 Å². The Hall–Kier alpha value is -1.10. The zero-order chi connectivity index (χ0) is 12.1. The zero-order valence-corrected chi connectivity index (χ0v) is 9.87. The van der Waals surface area contributed by atoms with Gasteiger partial charge in [-0.1, -0.05) is 0 Å². The standard InChI is InChI=1S/C10H19NO4/c1-7(14-5)8(6-12)11-9(13)15-10(2,3)4/h6-8H,1-5H3,(H,11,13). The second-order valence-electron chi connectivity index (χ2n) is 4.25. The Morgan fingerprint density at radius 2 is 1.93 bits per heavy atom. The summed E-state index contributed by atoms with van der Waals surface area (Å²) in [5.41, 5.74) is -0.576. The van der Waals surface area contributed by atoms with Crippen LogP contribution in [-0.4, -0.2) is 37.2 Å². The largest absolute Gasteiger partial charge is 0.444 e. The van der Waals surface area contributed by atoms with Gasteiger partial charge in [-0.15, -0.1) is 0 Å². The summed E-state index contributed by atoms with van der Waals surface area (Å²) in [6.45, 7) is 6.95. The molecule has 0 rings (SSSR count). The molecule has 0 radical (unpaired) electrons. The SMILES string of the molecule is COC(C)C(C=O)NC(=O)OC(C)(C)C. The number of aldehydes is 1. The summed E-state index contributed by atoms with van der Waals surface area (Å²) in [5.74, 6) is 0. The van der Waals surface area contributed by atoms with Crippen molar-refractivity contribution in [3.8, 4) is 0 Å². The van der Waals surface area contributed by atoms with Gasteiger partial charge >= 0.3 is 6.09 Å². The van der Waals surface area contributed by atoms with Crippen LogP contribution in [0.25, 0.3) is 0 Å². The van der Waals surface area contributed by atoms with Crippen molar-refractivity contribution >= 4 is 12.4 Å². The Labute approximate surface area is 90.1 Å². The van der Waals surface area contributed by atoms with Gasteiger partial charge in [-0.25, -0.2) is 4.79 Å². The molecule has 5 nitrogen and oxygen atoms in total. The van der Waals surface area contributed by atoms with E-state index in [4.69, 9.17) is 9.47 Å². The Balaban J connectivity index is 4.19. The van der Waals surface area contributed by atoms with Crippen LogP contribution in [0.5, 0.6) is 0 Å². The predicted octanol–water partition coefficient (Wildman–Crippen LogP) is 1.11. The monoisotopic (exact) mass is 217 g/mol. The number of hydrogen-bond acceptors (Lipinski definition) is 4. The van der Waals surface area contributed by atoms with Crippen LogP contribution in [0.2, 0.25) is 0 Å². The molecule has 0 aromatic heterocycles. The van der Waals surface area contributed by atoms with E-state index in [9.17, 15) is 9.59 Å². The fourth-order valence-electron chi connectivity index (χ4n) is 0.852. The van der Waals surface area contributed by atoms with Gasteiger partial charge in [-0.3, -0.25) is 0 Å². The Bertz CT molecular complexity index is 222. The Morgan fingerprint density at radius 1 is 1.40 bits per heavy atom. The third kappa shape index (κ3) is 6.06. The van der Waals surface area contributed by atoms with Gasteiger partial charge in [0.15, 0.2) is 0 Å². The molecule has 0 aliphatic rings. The number of hydrogen-bond donors (Lipinski definition) is 1. The molecule has 0 heterocycles. The number of methoxy groups -OCH3 is 1. The van der Waals surface area contributed by atoms with Crippen LogP contribution in [-0.2, 0) is 14.3 Å². The molecule has 2 atom stereocenters. The first-order valence-electron chi connectivity index (χ1n) is 4.77. The molecule has 0 fully saturated rings. The lowest BCUT2D eigenvalue weighted by molar-refractivity contribution is -0.112. The molecule has 0 saturated carbocycles. The molecular weight excluding hydrogens is 198 g/mol. The maximum Gasteiger partial charge on any atom is 0.408 e. The van der Waals surface area contributed by atoms with Crippen LogP contribution in [0.4, 0.5) is 4.79 Å². The summed E-state index contributed by atoms with van der Waals surface area (Å²) >= 11 is 0. The highest BCUT2D eigenvalue weighted by atomic mass is 16.6. The highest BCUT2D eigenvalue weighted by Crippen LogP contribution is 2.07. The lowest BCUT2D eigenvalue weighted by Gasteiger charge is -2.23. The van der Waals surface area contributed by atoms with Crippen molar-refractivity contribution < 1.29 is 19.1 Å². The molecule has 0 aromatic carbocycles.